The number of thioether (sulfide) groups is 1. The summed E-state index contributed by atoms with van der Waals surface area (Å²) in [5.41, 5.74) is 2.69. The zero-order chi connectivity index (χ0) is 17.1. The van der Waals surface area contributed by atoms with E-state index in [0.29, 0.717) is 5.92 Å². The summed E-state index contributed by atoms with van der Waals surface area (Å²) in [6.07, 6.45) is 4.03. The molecular formula is C19H20N4OS. The topological polar surface area (TPSA) is 58.4 Å². The van der Waals surface area contributed by atoms with Gasteiger partial charge in [0.05, 0.1) is 11.3 Å². The smallest absolute Gasteiger partial charge is 0.252 e. The van der Waals surface area contributed by atoms with Gasteiger partial charge < -0.3 is 15.0 Å². The Balaban J connectivity index is 1.43. The van der Waals surface area contributed by atoms with Gasteiger partial charge in [0.2, 0.25) is 0 Å². The highest BCUT2D eigenvalue weighted by Gasteiger charge is 2.18. The fraction of sp³-hybridized carbons (Fsp3) is 0.263. The van der Waals surface area contributed by atoms with Crippen LogP contribution in [0, 0.1) is 5.92 Å². The Labute approximate surface area is 150 Å². The first-order valence-electron chi connectivity index (χ1n) is 8.43. The van der Waals surface area contributed by atoms with E-state index >= 15 is 0 Å². The Bertz CT molecular complexity index is 855. The molecule has 0 bridgehead atoms. The predicted molar refractivity (Wildman–Crippen MR) is 99.9 cm³/mol. The lowest BCUT2D eigenvalue weighted by Crippen LogP contribution is -2.48. The molecule has 128 valence electrons. The third-order valence-electron chi connectivity index (χ3n) is 4.34. The van der Waals surface area contributed by atoms with Crippen LogP contribution in [-0.4, -0.2) is 34.9 Å². The Morgan fingerprint density at radius 1 is 1.24 bits per heavy atom. The molecule has 0 atom stereocenters. The molecule has 1 fully saturated rings. The van der Waals surface area contributed by atoms with Crippen molar-refractivity contribution in [2.45, 2.75) is 10.6 Å². The largest absolute Gasteiger partial charge is 0.352 e. The summed E-state index contributed by atoms with van der Waals surface area (Å²) < 4.78 is 2.02. The average Bonchev–Trinajstić information content (AvgIpc) is 3.01. The number of aromatic nitrogens is 2. The van der Waals surface area contributed by atoms with Crippen molar-refractivity contribution in [1.82, 2.24) is 20.0 Å². The minimum atomic E-state index is 0.00463. The zero-order valence-corrected chi connectivity index (χ0v) is 14.6. The molecule has 1 saturated heterocycles. The van der Waals surface area contributed by atoms with Gasteiger partial charge >= 0.3 is 0 Å². The van der Waals surface area contributed by atoms with Crippen LogP contribution in [0.25, 0.3) is 5.65 Å². The summed E-state index contributed by atoms with van der Waals surface area (Å²) in [5, 5.41) is 6.27. The second-order valence-corrected chi connectivity index (χ2v) is 7.23. The fourth-order valence-electron chi connectivity index (χ4n) is 2.81. The summed E-state index contributed by atoms with van der Waals surface area (Å²) in [6.45, 7) is 2.71. The number of nitrogens with zero attached hydrogens (tertiary/aromatic N) is 2. The number of carbonyl (C=O) groups is 1. The number of hydrogen-bond acceptors (Lipinski definition) is 4. The molecule has 0 unspecified atom stereocenters. The molecule has 25 heavy (non-hydrogen) atoms. The van der Waals surface area contributed by atoms with Crippen LogP contribution in [-0.2, 0) is 5.75 Å². The second kappa shape index (κ2) is 7.29. The number of hydrogen-bond donors (Lipinski definition) is 2. The van der Waals surface area contributed by atoms with Gasteiger partial charge in [0, 0.05) is 48.6 Å². The van der Waals surface area contributed by atoms with E-state index in [4.69, 9.17) is 0 Å². The van der Waals surface area contributed by atoms with Crippen LogP contribution in [0.2, 0.25) is 0 Å². The highest BCUT2D eigenvalue weighted by molar-refractivity contribution is 7.98. The van der Waals surface area contributed by atoms with Gasteiger partial charge in [0.15, 0.2) is 0 Å². The molecule has 3 heterocycles. The Hall–Kier alpha value is -2.31. The lowest BCUT2D eigenvalue weighted by Gasteiger charge is -2.27. The van der Waals surface area contributed by atoms with Crippen molar-refractivity contribution in [2.75, 3.05) is 19.6 Å². The number of benzene rings is 1. The molecule has 2 N–H and O–H groups in total. The van der Waals surface area contributed by atoms with Crippen molar-refractivity contribution in [3.8, 4) is 0 Å². The summed E-state index contributed by atoms with van der Waals surface area (Å²) in [7, 11) is 0. The monoisotopic (exact) mass is 352 g/mol. The predicted octanol–water partition coefficient (Wildman–Crippen LogP) is 2.58. The van der Waals surface area contributed by atoms with Gasteiger partial charge in [-0.3, -0.25) is 4.79 Å². The van der Waals surface area contributed by atoms with E-state index < -0.39 is 0 Å². The molecule has 0 saturated carbocycles. The van der Waals surface area contributed by atoms with Crippen LogP contribution < -0.4 is 10.6 Å². The van der Waals surface area contributed by atoms with E-state index in [1.165, 1.54) is 0 Å². The van der Waals surface area contributed by atoms with Gasteiger partial charge in [-0.15, -0.1) is 11.8 Å². The third kappa shape index (κ3) is 3.70. The standard InChI is InChI=1S/C19H20N4OS/c24-19(21-11-14-9-20-10-14)16-5-1-2-6-17(16)25-13-15-12-23-8-4-3-7-18(23)22-15/h1-8,12,14,20H,9-11,13H2,(H,21,24). The van der Waals surface area contributed by atoms with E-state index in [2.05, 4.69) is 15.6 Å². The van der Waals surface area contributed by atoms with Gasteiger partial charge in [0.25, 0.3) is 5.91 Å². The summed E-state index contributed by atoms with van der Waals surface area (Å²) in [6, 6.07) is 13.7. The molecule has 1 amide bonds. The zero-order valence-electron chi connectivity index (χ0n) is 13.8. The van der Waals surface area contributed by atoms with E-state index in [-0.39, 0.29) is 5.91 Å². The van der Waals surface area contributed by atoms with E-state index in [1.807, 2.05) is 59.3 Å². The molecule has 0 radical (unpaired) electrons. The van der Waals surface area contributed by atoms with Crippen LogP contribution in [0.3, 0.4) is 0 Å². The van der Waals surface area contributed by atoms with Gasteiger partial charge in [-0.1, -0.05) is 18.2 Å². The van der Waals surface area contributed by atoms with Gasteiger partial charge in [-0.05, 0) is 24.3 Å². The van der Waals surface area contributed by atoms with Crippen LogP contribution in [0.5, 0.6) is 0 Å². The van der Waals surface area contributed by atoms with Crippen LogP contribution in [0.1, 0.15) is 16.1 Å². The second-order valence-electron chi connectivity index (χ2n) is 6.22. The molecule has 6 heteroatoms. The van der Waals surface area contributed by atoms with Crippen molar-refractivity contribution < 1.29 is 4.79 Å². The first-order valence-corrected chi connectivity index (χ1v) is 9.41. The number of nitrogens with one attached hydrogen (secondary N) is 2. The molecule has 0 aliphatic carbocycles. The SMILES string of the molecule is O=C(NCC1CNC1)c1ccccc1SCc1cn2ccccc2n1. The third-order valence-corrected chi connectivity index (χ3v) is 5.45. The van der Waals surface area contributed by atoms with Crippen LogP contribution >= 0.6 is 11.8 Å². The van der Waals surface area contributed by atoms with Crippen molar-refractivity contribution in [3.63, 3.8) is 0 Å². The lowest BCUT2D eigenvalue weighted by molar-refractivity contribution is 0.0939. The maximum Gasteiger partial charge on any atom is 0.252 e. The maximum atomic E-state index is 12.5. The quantitative estimate of drug-likeness (QED) is 0.670. The highest BCUT2D eigenvalue weighted by atomic mass is 32.2. The molecule has 4 rings (SSSR count). The van der Waals surface area contributed by atoms with Crippen molar-refractivity contribution >= 4 is 23.3 Å². The van der Waals surface area contributed by atoms with Crippen molar-refractivity contribution in [3.05, 3.63) is 66.1 Å². The summed E-state index contributed by atoms with van der Waals surface area (Å²) in [5.74, 6) is 1.30. The normalized spacial score (nSPS) is 14.4. The van der Waals surface area contributed by atoms with E-state index in [1.54, 1.807) is 11.8 Å². The molecule has 0 spiro atoms. The number of carbonyl (C=O) groups excluding carboxylic acids is 1. The van der Waals surface area contributed by atoms with Crippen molar-refractivity contribution in [2.24, 2.45) is 5.92 Å². The molecule has 5 nitrogen and oxygen atoms in total. The summed E-state index contributed by atoms with van der Waals surface area (Å²) in [4.78, 5) is 18.1. The number of amides is 1. The number of imidazole rings is 1. The van der Waals surface area contributed by atoms with Crippen LogP contribution in [0.15, 0.2) is 59.8 Å². The highest BCUT2D eigenvalue weighted by Crippen LogP contribution is 2.26. The molecule has 1 aromatic carbocycles. The maximum absolute atomic E-state index is 12.5. The summed E-state index contributed by atoms with van der Waals surface area (Å²) >= 11 is 1.65. The first kappa shape index (κ1) is 16.2. The number of rotatable bonds is 6. The average molecular weight is 352 g/mol. The van der Waals surface area contributed by atoms with Gasteiger partial charge in [0.1, 0.15) is 5.65 Å². The van der Waals surface area contributed by atoms with Crippen molar-refractivity contribution in [1.29, 1.82) is 0 Å². The van der Waals surface area contributed by atoms with E-state index in [9.17, 15) is 4.79 Å². The number of fused-ring (bicyclic) bond motifs is 1. The Morgan fingerprint density at radius 2 is 2.08 bits per heavy atom. The minimum absolute atomic E-state index is 0.00463. The lowest BCUT2D eigenvalue weighted by atomic mass is 10.0. The molecule has 1 aliphatic heterocycles. The molecule has 1 aliphatic rings. The fourth-order valence-corrected chi connectivity index (χ4v) is 3.75. The van der Waals surface area contributed by atoms with Gasteiger partial charge in [-0.2, -0.15) is 0 Å². The molecular weight excluding hydrogens is 332 g/mol. The number of pyridine rings is 1. The van der Waals surface area contributed by atoms with Crippen LogP contribution in [0.4, 0.5) is 0 Å². The van der Waals surface area contributed by atoms with Gasteiger partial charge in [-0.25, -0.2) is 4.98 Å². The van der Waals surface area contributed by atoms with E-state index in [0.717, 1.165) is 47.2 Å². The molecule has 2 aromatic heterocycles. The minimum Gasteiger partial charge on any atom is -0.352 e. The molecule has 3 aromatic rings. The Morgan fingerprint density at radius 3 is 2.88 bits per heavy atom. The first-order chi connectivity index (χ1) is 12.3. The Kier molecular flexibility index (Phi) is 4.72.